The fourth-order valence-corrected chi connectivity index (χ4v) is 5.16. The zero-order valence-corrected chi connectivity index (χ0v) is 11.8. The van der Waals surface area contributed by atoms with Crippen LogP contribution in [0, 0.1) is 11.8 Å². The van der Waals surface area contributed by atoms with Crippen LogP contribution in [0.1, 0.15) is 53.4 Å². The third-order valence-electron chi connectivity index (χ3n) is 6.55. The second-order valence-corrected chi connectivity index (χ2v) is 7.55. The molecule has 3 heteroatoms. The summed E-state index contributed by atoms with van der Waals surface area (Å²) in [5, 5.41) is 10.8. The van der Waals surface area contributed by atoms with Crippen LogP contribution in [0.5, 0.6) is 0 Å². The highest BCUT2D eigenvalue weighted by atomic mass is 16.7. The van der Waals surface area contributed by atoms with Crippen LogP contribution in [0.2, 0.25) is 0 Å². The molecule has 102 valence electrons. The van der Waals surface area contributed by atoms with Crippen molar-refractivity contribution in [2.45, 2.75) is 81.9 Å². The topological polar surface area (TPSA) is 45.3 Å². The molecule has 0 bridgehead atoms. The summed E-state index contributed by atoms with van der Waals surface area (Å²) in [6.45, 7) is 8.72. The average Bonchev–Trinajstić information content (AvgIpc) is 3.14. The number of hydrogen-bond acceptors (Lipinski definition) is 3. The fourth-order valence-electron chi connectivity index (χ4n) is 5.16. The van der Waals surface area contributed by atoms with Crippen molar-refractivity contribution < 1.29 is 14.6 Å². The van der Waals surface area contributed by atoms with Crippen LogP contribution in [0.3, 0.4) is 0 Å². The first-order valence-corrected chi connectivity index (χ1v) is 7.43. The summed E-state index contributed by atoms with van der Waals surface area (Å²) in [5.74, 6) is 1.04. The van der Waals surface area contributed by atoms with Crippen molar-refractivity contribution in [2.75, 3.05) is 0 Å². The Balaban J connectivity index is 1.81. The Morgan fingerprint density at radius 3 is 2.61 bits per heavy atom. The molecule has 2 saturated carbocycles. The maximum Gasteiger partial charge on any atom is 0.155 e. The van der Waals surface area contributed by atoms with Gasteiger partial charge in [0.2, 0.25) is 0 Å². The van der Waals surface area contributed by atoms with Crippen LogP contribution in [-0.2, 0) is 9.47 Å². The van der Waals surface area contributed by atoms with Crippen LogP contribution in [0.25, 0.3) is 0 Å². The molecule has 0 aromatic carbocycles. The third kappa shape index (κ3) is 0.918. The van der Waals surface area contributed by atoms with Crippen molar-refractivity contribution in [1.29, 1.82) is 0 Å². The molecule has 2 aliphatic heterocycles. The van der Waals surface area contributed by atoms with Crippen molar-refractivity contribution in [3.8, 4) is 0 Å². The molecule has 1 N–H and O–H groups in total. The first kappa shape index (κ1) is 11.7. The van der Waals surface area contributed by atoms with Gasteiger partial charge in [-0.25, -0.2) is 0 Å². The van der Waals surface area contributed by atoms with Gasteiger partial charge in [-0.15, -0.1) is 0 Å². The van der Waals surface area contributed by atoms with Gasteiger partial charge >= 0.3 is 0 Å². The highest BCUT2D eigenvalue weighted by molar-refractivity contribution is 5.40. The van der Waals surface area contributed by atoms with Crippen molar-refractivity contribution in [1.82, 2.24) is 0 Å². The summed E-state index contributed by atoms with van der Waals surface area (Å²) >= 11 is 0. The summed E-state index contributed by atoms with van der Waals surface area (Å²) in [5.41, 5.74) is -1.23. The number of aliphatic hydroxyl groups is 1. The van der Waals surface area contributed by atoms with Gasteiger partial charge in [0.1, 0.15) is 17.3 Å². The van der Waals surface area contributed by atoms with E-state index in [0.717, 1.165) is 25.7 Å². The SMILES string of the molecule is CC(C)C12CCC(C)C34CCC(C)(O)C3(O4)C1O2. The maximum absolute atomic E-state index is 10.8. The van der Waals surface area contributed by atoms with Gasteiger partial charge in [0, 0.05) is 0 Å². The molecule has 4 rings (SSSR count). The molecule has 3 nitrogen and oxygen atoms in total. The van der Waals surface area contributed by atoms with Crippen LogP contribution in [-0.4, -0.2) is 33.6 Å². The van der Waals surface area contributed by atoms with E-state index in [1.165, 1.54) is 0 Å². The van der Waals surface area contributed by atoms with Crippen molar-refractivity contribution in [3.05, 3.63) is 0 Å². The lowest BCUT2D eigenvalue weighted by Gasteiger charge is -2.27. The van der Waals surface area contributed by atoms with Gasteiger partial charge < -0.3 is 14.6 Å². The predicted molar refractivity (Wildman–Crippen MR) is 67.2 cm³/mol. The Bertz CT molecular complexity index is 418. The van der Waals surface area contributed by atoms with E-state index in [4.69, 9.17) is 9.47 Å². The van der Waals surface area contributed by atoms with E-state index in [0.29, 0.717) is 11.8 Å². The van der Waals surface area contributed by atoms with Gasteiger partial charge in [-0.2, -0.15) is 0 Å². The molecule has 0 aromatic rings. The lowest BCUT2D eigenvalue weighted by atomic mass is 9.76. The number of epoxide rings is 2. The Morgan fingerprint density at radius 2 is 1.94 bits per heavy atom. The third-order valence-corrected chi connectivity index (χ3v) is 6.55. The summed E-state index contributed by atoms with van der Waals surface area (Å²) in [6, 6.07) is 0. The largest absolute Gasteiger partial charge is 0.387 e. The minimum atomic E-state index is -0.715. The lowest BCUT2D eigenvalue weighted by molar-refractivity contribution is -0.0396. The van der Waals surface area contributed by atoms with E-state index in [2.05, 4.69) is 20.8 Å². The summed E-state index contributed by atoms with van der Waals surface area (Å²) < 4.78 is 12.4. The minimum Gasteiger partial charge on any atom is -0.387 e. The van der Waals surface area contributed by atoms with E-state index in [1.54, 1.807) is 0 Å². The summed E-state index contributed by atoms with van der Waals surface area (Å²) in [4.78, 5) is 0. The lowest BCUT2D eigenvalue weighted by Crippen LogP contribution is -2.48. The van der Waals surface area contributed by atoms with Crippen LogP contribution >= 0.6 is 0 Å². The van der Waals surface area contributed by atoms with Crippen molar-refractivity contribution in [3.63, 3.8) is 0 Å². The Hall–Kier alpha value is -0.120. The van der Waals surface area contributed by atoms with Gasteiger partial charge in [-0.3, -0.25) is 0 Å². The molecule has 0 radical (unpaired) electrons. The molecular formula is C15H24O3. The summed E-state index contributed by atoms with van der Waals surface area (Å²) in [7, 11) is 0. The molecular weight excluding hydrogens is 228 g/mol. The fraction of sp³-hybridized carbons (Fsp3) is 1.00. The molecule has 0 spiro atoms. The molecule has 2 heterocycles. The van der Waals surface area contributed by atoms with E-state index in [1.807, 2.05) is 6.92 Å². The first-order valence-electron chi connectivity index (χ1n) is 7.43. The van der Waals surface area contributed by atoms with E-state index < -0.39 is 11.2 Å². The Labute approximate surface area is 109 Å². The highest BCUT2D eigenvalue weighted by Crippen LogP contribution is 2.77. The van der Waals surface area contributed by atoms with E-state index in [9.17, 15) is 5.11 Å². The van der Waals surface area contributed by atoms with E-state index >= 15 is 0 Å². The van der Waals surface area contributed by atoms with Gasteiger partial charge in [-0.05, 0) is 44.4 Å². The van der Waals surface area contributed by atoms with Crippen LogP contribution < -0.4 is 0 Å². The Morgan fingerprint density at radius 1 is 1.22 bits per heavy atom. The van der Waals surface area contributed by atoms with Gasteiger partial charge in [-0.1, -0.05) is 20.8 Å². The van der Waals surface area contributed by atoms with Crippen molar-refractivity contribution >= 4 is 0 Å². The first-order chi connectivity index (χ1) is 8.32. The van der Waals surface area contributed by atoms with Gasteiger partial charge in [0.15, 0.2) is 5.60 Å². The Kier molecular flexibility index (Phi) is 1.83. The molecule has 6 unspecified atom stereocenters. The number of fused-ring (bicyclic) bond motifs is 1. The molecule has 0 amide bonds. The molecule has 2 aliphatic carbocycles. The summed E-state index contributed by atoms with van der Waals surface area (Å²) in [6.07, 6.45) is 4.25. The number of hydrogen-bond donors (Lipinski definition) is 1. The predicted octanol–water partition coefficient (Wildman–Crippen LogP) is 2.26. The van der Waals surface area contributed by atoms with E-state index in [-0.39, 0.29) is 17.3 Å². The molecule has 6 atom stereocenters. The zero-order chi connectivity index (χ0) is 13.0. The molecule has 18 heavy (non-hydrogen) atoms. The molecule has 4 fully saturated rings. The number of rotatable bonds is 1. The maximum atomic E-state index is 10.8. The molecule has 0 aromatic heterocycles. The second kappa shape index (κ2) is 2.82. The van der Waals surface area contributed by atoms with Gasteiger partial charge in [0.25, 0.3) is 0 Å². The monoisotopic (exact) mass is 252 g/mol. The van der Waals surface area contributed by atoms with Crippen LogP contribution in [0.4, 0.5) is 0 Å². The van der Waals surface area contributed by atoms with Gasteiger partial charge in [0.05, 0.1) is 5.60 Å². The zero-order valence-electron chi connectivity index (χ0n) is 11.8. The van der Waals surface area contributed by atoms with Crippen molar-refractivity contribution in [2.24, 2.45) is 11.8 Å². The highest BCUT2D eigenvalue weighted by Gasteiger charge is 2.92. The minimum absolute atomic E-state index is 0.0269. The standard InChI is InChI=1S/C15H24O3/c1-9(2)13-6-5-10(3)14-8-7-12(4,16)15(14,18-14)11(13)17-13/h9-11,16H,5-8H2,1-4H3. The normalized spacial score (nSPS) is 65.0. The average molecular weight is 252 g/mol. The molecule has 2 saturated heterocycles. The van der Waals surface area contributed by atoms with Crippen LogP contribution in [0.15, 0.2) is 0 Å². The quantitative estimate of drug-likeness (QED) is 0.728. The smallest absolute Gasteiger partial charge is 0.155 e. The second-order valence-electron chi connectivity index (χ2n) is 7.55. The molecule has 4 aliphatic rings. The number of ether oxygens (including phenoxy) is 2.